The SMILES string of the molecule is CC.CC.CC(C)N1CC=CCC1.CC(C)N1CC=NCC1. The van der Waals surface area contributed by atoms with Crippen LogP contribution in [0.3, 0.4) is 0 Å². The molecule has 0 aromatic rings. The summed E-state index contributed by atoms with van der Waals surface area (Å²) in [5.41, 5.74) is 0. The maximum absolute atomic E-state index is 4.14. The number of nitrogens with zero attached hydrogens (tertiary/aromatic N) is 3. The summed E-state index contributed by atoms with van der Waals surface area (Å²) in [6.45, 7) is 22.5. The predicted octanol–water partition coefficient (Wildman–Crippen LogP) is 4.49. The Morgan fingerprint density at radius 2 is 1.32 bits per heavy atom. The molecule has 2 rings (SSSR count). The molecule has 0 amide bonds. The molecule has 0 radical (unpaired) electrons. The van der Waals surface area contributed by atoms with Gasteiger partial charge in [0.05, 0.1) is 6.54 Å². The molecule has 0 fully saturated rings. The average molecular weight is 312 g/mol. The molecule has 0 spiro atoms. The Morgan fingerprint density at radius 3 is 1.59 bits per heavy atom. The standard InChI is InChI=1S/C8H15N.C7H14N2.2C2H6/c1-8(2)9-6-4-3-5-7-9;1-7(2)9-5-3-8-4-6-9;2*1-2/h3-4,8H,5-7H2,1-2H3;3,7H,4-6H2,1-2H3;2*1-2H3. The van der Waals surface area contributed by atoms with Crippen molar-refractivity contribution in [2.75, 3.05) is 32.7 Å². The number of hydrogen-bond acceptors (Lipinski definition) is 3. The van der Waals surface area contributed by atoms with Crippen LogP contribution >= 0.6 is 0 Å². The van der Waals surface area contributed by atoms with Crippen molar-refractivity contribution in [1.82, 2.24) is 9.80 Å². The first kappa shape index (κ1) is 23.6. The fraction of sp³-hybridized carbons (Fsp3) is 0.842. The highest BCUT2D eigenvalue weighted by atomic mass is 15.2. The third kappa shape index (κ3) is 11.9. The number of rotatable bonds is 2. The quantitative estimate of drug-likeness (QED) is 0.700. The zero-order chi connectivity index (χ0) is 17.4. The molecule has 0 saturated heterocycles. The van der Waals surface area contributed by atoms with E-state index in [0.29, 0.717) is 6.04 Å². The highest BCUT2D eigenvalue weighted by Crippen LogP contribution is 2.04. The molecular weight excluding hydrogens is 270 g/mol. The first-order valence-electron chi connectivity index (χ1n) is 9.22. The Hall–Kier alpha value is -0.670. The average Bonchev–Trinajstić information content (AvgIpc) is 2.60. The maximum Gasteiger partial charge on any atom is 0.0513 e. The van der Waals surface area contributed by atoms with Crippen LogP contribution < -0.4 is 0 Å². The van der Waals surface area contributed by atoms with Gasteiger partial charge in [-0.1, -0.05) is 39.8 Å². The second-order valence-corrected chi connectivity index (χ2v) is 5.53. The first-order valence-corrected chi connectivity index (χ1v) is 9.22. The van der Waals surface area contributed by atoms with Crippen LogP contribution in [0.4, 0.5) is 0 Å². The Labute approximate surface area is 140 Å². The molecule has 0 unspecified atom stereocenters. The van der Waals surface area contributed by atoms with E-state index in [2.05, 4.69) is 54.6 Å². The van der Waals surface area contributed by atoms with Crippen molar-refractivity contribution in [2.45, 2.75) is 73.9 Å². The van der Waals surface area contributed by atoms with E-state index < -0.39 is 0 Å². The van der Waals surface area contributed by atoms with Crippen LogP contribution in [0.1, 0.15) is 61.8 Å². The van der Waals surface area contributed by atoms with Crippen LogP contribution in [-0.4, -0.2) is 60.8 Å². The van der Waals surface area contributed by atoms with Gasteiger partial charge in [0.1, 0.15) is 0 Å². The van der Waals surface area contributed by atoms with Crippen molar-refractivity contribution in [3.8, 4) is 0 Å². The monoisotopic (exact) mass is 311 g/mol. The van der Waals surface area contributed by atoms with Crippen molar-refractivity contribution in [2.24, 2.45) is 4.99 Å². The van der Waals surface area contributed by atoms with Crippen LogP contribution in [0.5, 0.6) is 0 Å². The summed E-state index contributed by atoms with van der Waals surface area (Å²) in [6, 6.07) is 1.40. The van der Waals surface area contributed by atoms with Crippen LogP contribution in [-0.2, 0) is 0 Å². The molecule has 0 bridgehead atoms. The summed E-state index contributed by atoms with van der Waals surface area (Å²) in [4.78, 5) is 9.02. The summed E-state index contributed by atoms with van der Waals surface area (Å²) in [6.07, 6.45) is 7.75. The molecule has 2 heterocycles. The lowest BCUT2D eigenvalue weighted by atomic mass is 10.2. The van der Waals surface area contributed by atoms with Gasteiger partial charge in [0, 0.05) is 44.5 Å². The van der Waals surface area contributed by atoms with Gasteiger partial charge in [-0.15, -0.1) is 0 Å². The van der Waals surface area contributed by atoms with Crippen molar-refractivity contribution in [3.05, 3.63) is 12.2 Å². The van der Waals surface area contributed by atoms with Gasteiger partial charge in [-0.2, -0.15) is 0 Å². The van der Waals surface area contributed by atoms with Gasteiger partial charge in [-0.25, -0.2) is 0 Å². The Morgan fingerprint density at radius 1 is 0.773 bits per heavy atom. The fourth-order valence-corrected chi connectivity index (χ4v) is 2.13. The van der Waals surface area contributed by atoms with Gasteiger partial charge in [-0.3, -0.25) is 14.8 Å². The van der Waals surface area contributed by atoms with Gasteiger partial charge in [0.15, 0.2) is 0 Å². The Bertz CT molecular complexity index is 242. The highest BCUT2D eigenvalue weighted by Gasteiger charge is 2.09. The molecule has 0 aromatic carbocycles. The van der Waals surface area contributed by atoms with E-state index in [0.717, 1.165) is 32.2 Å². The highest BCUT2D eigenvalue weighted by molar-refractivity contribution is 5.60. The van der Waals surface area contributed by atoms with E-state index in [9.17, 15) is 0 Å². The lowest BCUT2D eigenvalue weighted by molar-refractivity contribution is 0.243. The van der Waals surface area contributed by atoms with Crippen LogP contribution in [0.2, 0.25) is 0 Å². The second-order valence-electron chi connectivity index (χ2n) is 5.53. The van der Waals surface area contributed by atoms with Gasteiger partial charge in [0.2, 0.25) is 0 Å². The maximum atomic E-state index is 4.14. The first-order chi connectivity index (χ1) is 10.6. The van der Waals surface area contributed by atoms with Crippen LogP contribution in [0.15, 0.2) is 17.1 Å². The van der Waals surface area contributed by atoms with Crippen molar-refractivity contribution < 1.29 is 0 Å². The van der Waals surface area contributed by atoms with E-state index in [1.54, 1.807) is 0 Å². The number of hydrogen-bond donors (Lipinski definition) is 0. The molecular formula is C19H41N3. The van der Waals surface area contributed by atoms with Crippen molar-refractivity contribution in [1.29, 1.82) is 0 Å². The summed E-state index contributed by atoms with van der Waals surface area (Å²) >= 11 is 0. The third-order valence-corrected chi connectivity index (χ3v) is 3.51. The van der Waals surface area contributed by atoms with Gasteiger partial charge >= 0.3 is 0 Å². The van der Waals surface area contributed by atoms with E-state index in [1.165, 1.54) is 13.0 Å². The smallest absolute Gasteiger partial charge is 0.0513 e. The van der Waals surface area contributed by atoms with E-state index in [4.69, 9.17) is 0 Å². The summed E-state index contributed by atoms with van der Waals surface area (Å²) in [5.74, 6) is 0. The van der Waals surface area contributed by atoms with Crippen LogP contribution in [0, 0.1) is 0 Å². The molecule has 0 N–H and O–H groups in total. The molecule has 3 heteroatoms. The minimum atomic E-state index is 0.678. The molecule has 22 heavy (non-hydrogen) atoms. The molecule has 0 atom stereocenters. The normalized spacial score (nSPS) is 17.9. The van der Waals surface area contributed by atoms with Crippen molar-refractivity contribution >= 4 is 6.21 Å². The van der Waals surface area contributed by atoms with Gasteiger partial charge in [-0.05, 0) is 34.1 Å². The second kappa shape index (κ2) is 16.7. The Kier molecular flexibility index (Phi) is 17.9. The molecule has 132 valence electrons. The van der Waals surface area contributed by atoms with E-state index in [1.807, 2.05) is 33.9 Å². The molecule has 0 saturated carbocycles. The topological polar surface area (TPSA) is 18.8 Å². The van der Waals surface area contributed by atoms with Gasteiger partial charge in [0.25, 0.3) is 0 Å². The summed E-state index contributed by atoms with van der Waals surface area (Å²) in [7, 11) is 0. The molecule has 0 aliphatic carbocycles. The molecule has 2 aliphatic heterocycles. The molecule has 3 nitrogen and oxygen atoms in total. The lowest BCUT2D eigenvalue weighted by Gasteiger charge is -2.26. The minimum absolute atomic E-state index is 0.678. The van der Waals surface area contributed by atoms with Crippen molar-refractivity contribution in [3.63, 3.8) is 0 Å². The van der Waals surface area contributed by atoms with E-state index >= 15 is 0 Å². The van der Waals surface area contributed by atoms with Crippen LogP contribution in [0.25, 0.3) is 0 Å². The fourth-order valence-electron chi connectivity index (χ4n) is 2.13. The number of aliphatic imine (C=N–C) groups is 1. The zero-order valence-electron chi connectivity index (χ0n) is 16.5. The minimum Gasteiger partial charge on any atom is -0.297 e. The van der Waals surface area contributed by atoms with E-state index in [-0.39, 0.29) is 0 Å². The van der Waals surface area contributed by atoms with Gasteiger partial charge < -0.3 is 0 Å². The predicted molar refractivity (Wildman–Crippen MR) is 103 cm³/mol. The largest absolute Gasteiger partial charge is 0.297 e. The third-order valence-electron chi connectivity index (χ3n) is 3.51. The lowest BCUT2D eigenvalue weighted by Crippen LogP contribution is -2.37. The molecule has 0 aromatic heterocycles. The molecule has 2 aliphatic rings. The zero-order valence-corrected chi connectivity index (χ0v) is 16.5. The summed E-state index contributed by atoms with van der Waals surface area (Å²) in [5, 5.41) is 0. The Balaban J connectivity index is 0. The summed E-state index contributed by atoms with van der Waals surface area (Å²) < 4.78 is 0.